The maximum Gasteiger partial charge on any atom is 0.147 e. The second kappa shape index (κ2) is 5.76. The van der Waals surface area contributed by atoms with Crippen molar-refractivity contribution in [3.63, 3.8) is 0 Å². The SMILES string of the molecule is Cn1c(COc2ccc(Cl)cc2)nc2cc(CN)ccc21. The molecule has 0 aliphatic carbocycles. The second-order valence-corrected chi connectivity index (χ2v) is 5.29. The Kier molecular flexibility index (Phi) is 3.82. The molecule has 3 aromatic rings. The van der Waals surface area contributed by atoms with Crippen LogP contribution >= 0.6 is 11.6 Å². The highest BCUT2D eigenvalue weighted by Crippen LogP contribution is 2.20. The quantitative estimate of drug-likeness (QED) is 0.804. The summed E-state index contributed by atoms with van der Waals surface area (Å²) in [5.41, 5.74) is 8.75. The zero-order valence-electron chi connectivity index (χ0n) is 11.7. The molecule has 3 rings (SSSR count). The van der Waals surface area contributed by atoms with Crippen molar-refractivity contribution in [2.75, 3.05) is 0 Å². The Labute approximate surface area is 128 Å². The average molecular weight is 302 g/mol. The number of halogens is 1. The van der Waals surface area contributed by atoms with E-state index in [4.69, 9.17) is 22.1 Å². The van der Waals surface area contributed by atoms with Crippen molar-refractivity contribution in [3.8, 4) is 5.75 Å². The number of fused-ring (bicyclic) bond motifs is 1. The van der Waals surface area contributed by atoms with Gasteiger partial charge >= 0.3 is 0 Å². The summed E-state index contributed by atoms with van der Waals surface area (Å²) in [5, 5.41) is 0.694. The van der Waals surface area contributed by atoms with E-state index in [1.54, 1.807) is 12.1 Å². The minimum Gasteiger partial charge on any atom is -0.486 e. The van der Waals surface area contributed by atoms with Gasteiger partial charge in [-0.15, -0.1) is 0 Å². The second-order valence-electron chi connectivity index (χ2n) is 4.86. The Bertz CT molecular complexity index is 765. The molecule has 0 aliphatic rings. The minimum atomic E-state index is 0.408. The fraction of sp³-hybridized carbons (Fsp3) is 0.188. The molecule has 0 radical (unpaired) electrons. The lowest BCUT2D eigenvalue weighted by atomic mass is 10.2. The summed E-state index contributed by atoms with van der Waals surface area (Å²) in [6, 6.07) is 13.4. The van der Waals surface area contributed by atoms with E-state index in [-0.39, 0.29) is 0 Å². The molecule has 2 aromatic carbocycles. The Morgan fingerprint density at radius 2 is 1.95 bits per heavy atom. The maximum absolute atomic E-state index is 5.85. The van der Waals surface area contributed by atoms with Crippen LogP contribution in [0.5, 0.6) is 5.75 Å². The molecule has 0 saturated heterocycles. The van der Waals surface area contributed by atoms with Crippen LogP contribution in [0.4, 0.5) is 0 Å². The Balaban J connectivity index is 1.83. The lowest BCUT2D eigenvalue weighted by Crippen LogP contribution is -2.03. The summed E-state index contributed by atoms with van der Waals surface area (Å²) < 4.78 is 7.78. The first-order chi connectivity index (χ1) is 10.2. The number of nitrogens with two attached hydrogens (primary N) is 1. The Morgan fingerprint density at radius 3 is 2.67 bits per heavy atom. The van der Waals surface area contributed by atoms with E-state index in [2.05, 4.69) is 4.98 Å². The third kappa shape index (κ3) is 2.86. The van der Waals surface area contributed by atoms with Crippen molar-refractivity contribution in [1.29, 1.82) is 0 Å². The first-order valence-electron chi connectivity index (χ1n) is 6.70. The summed E-state index contributed by atoms with van der Waals surface area (Å²) in [6.07, 6.45) is 0. The van der Waals surface area contributed by atoms with Crippen LogP contribution in [-0.4, -0.2) is 9.55 Å². The highest BCUT2D eigenvalue weighted by molar-refractivity contribution is 6.30. The van der Waals surface area contributed by atoms with E-state index in [1.807, 2.05) is 41.9 Å². The van der Waals surface area contributed by atoms with Gasteiger partial charge in [0.25, 0.3) is 0 Å². The van der Waals surface area contributed by atoms with E-state index < -0.39 is 0 Å². The number of benzene rings is 2. The summed E-state index contributed by atoms with van der Waals surface area (Å²) in [4.78, 5) is 4.61. The summed E-state index contributed by atoms with van der Waals surface area (Å²) in [5.74, 6) is 1.64. The third-order valence-corrected chi connectivity index (χ3v) is 3.71. The molecule has 0 saturated carbocycles. The average Bonchev–Trinajstić information content (AvgIpc) is 2.82. The zero-order chi connectivity index (χ0) is 14.8. The first kappa shape index (κ1) is 13.9. The van der Waals surface area contributed by atoms with Gasteiger partial charge in [0.2, 0.25) is 0 Å². The van der Waals surface area contributed by atoms with Crippen molar-refractivity contribution < 1.29 is 4.74 Å². The van der Waals surface area contributed by atoms with Crippen molar-refractivity contribution >= 4 is 22.6 Å². The molecule has 0 atom stereocenters. The fourth-order valence-corrected chi connectivity index (χ4v) is 2.36. The van der Waals surface area contributed by atoms with E-state index in [1.165, 1.54) is 0 Å². The molecule has 1 aromatic heterocycles. The highest BCUT2D eigenvalue weighted by Gasteiger charge is 2.08. The largest absolute Gasteiger partial charge is 0.486 e. The normalized spacial score (nSPS) is 11.0. The van der Waals surface area contributed by atoms with Gasteiger partial charge in [-0.05, 0) is 42.0 Å². The molecular weight excluding hydrogens is 286 g/mol. The smallest absolute Gasteiger partial charge is 0.147 e. The van der Waals surface area contributed by atoms with E-state index in [0.29, 0.717) is 18.2 Å². The summed E-state index contributed by atoms with van der Waals surface area (Å²) in [7, 11) is 1.98. The number of imidazole rings is 1. The van der Waals surface area contributed by atoms with Crippen LogP contribution in [-0.2, 0) is 20.2 Å². The Morgan fingerprint density at radius 1 is 1.19 bits per heavy atom. The van der Waals surface area contributed by atoms with Crippen LogP contribution in [0.25, 0.3) is 11.0 Å². The lowest BCUT2D eigenvalue weighted by molar-refractivity contribution is 0.292. The monoisotopic (exact) mass is 301 g/mol. The van der Waals surface area contributed by atoms with Crippen LogP contribution in [0.1, 0.15) is 11.4 Å². The molecule has 0 fully saturated rings. The predicted octanol–water partition coefficient (Wildman–Crippen LogP) is 3.26. The van der Waals surface area contributed by atoms with Crippen molar-refractivity contribution in [2.45, 2.75) is 13.2 Å². The van der Waals surface area contributed by atoms with Gasteiger partial charge in [0, 0.05) is 18.6 Å². The molecule has 0 aliphatic heterocycles. The number of ether oxygens (including phenoxy) is 1. The van der Waals surface area contributed by atoms with E-state index in [9.17, 15) is 0 Å². The van der Waals surface area contributed by atoms with Gasteiger partial charge in [-0.3, -0.25) is 0 Å². The number of hydrogen-bond acceptors (Lipinski definition) is 3. The number of rotatable bonds is 4. The first-order valence-corrected chi connectivity index (χ1v) is 7.08. The highest BCUT2D eigenvalue weighted by atomic mass is 35.5. The van der Waals surface area contributed by atoms with Crippen molar-refractivity contribution in [3.05, 3.63) is 58.9 Å². The van der Waals surface area contributed by atoms with Crippen LogP contribution in [0, 0.1) is 0 Å². The molecule has 2 N–H and O–H groups in total. The molecule has 21 heavy (non-hydrogen) atoms. The molecule has 1 heterocycles. The molecule has 4 nitrogen and oxygen atoms in total. The third-order valence-electron chi connectivity index (χ3n) is 3.46. The number of aromatic nitrogens is 2. The molecule has 0 bridgehead atoms. The molecule has 0 spiro atoms. The Hall–Kier alpha value is -2.04. The van der Waals surface area contributed by atoms with Crippen LogP contribution in [0.15, 0.2) is 42.5 Å². The van der Waals surface area contributed by atoms with Gasteiger partial charge < -0.3 is 15.0 Å². The maximum atomic E-state index is 5.85. The molecule has 5 heteroatoms. The number of hydrogen-bond donors (Lipinski definition) is 1. The van der Waals surface area contributed by atoms with Gasteiger partial charge in [0.15, 0.2) is 0 Å². The lowest BCUT2D eigenvalue weighted by Gasteiger charge is -2.06. The number of nitrogens with zero attached hydrogens (tertiary/aromatic N) is 2. The van der Waals surface area contributed by atoms with Gasteiger partial charge in [-0.2, -0.15) is 0 Å². The van der Waals surface area contributed by atoms with E-state index in [0.717, 1.165) is 28.2 Å². The van der Waals surface area contributed by atoms with Crippen LogP contribution in [0.2, 0.25) is 5.02 Å². The minimum absolute atomic E-state index is 0.408. The standard InChI is InChI=1S/C16H16ClN3O/c1-20-15-7-2-11(9-18)8-14(15)19-16(20)10-21-13-5-3-12(17)4-6-13/h2-8H,9-10,18H2,1H3. The summed E-state index contributed by atoms with van der Waals surface area (Å²) >= 11 is 5.85. The van der Waals surface area contributed by atoms with E-state index >= 15 is 0 Å². The van der Waals surface area contributed by atoms with Gasteiger partial charge in [0.05, 0.1) is 11.0 Å². The van der Waals surface area contributed by atoms with Crippen LogP contribution in [0.3, 0.4) is 0 Å². The molecule has 0 unspecified atom stereocenters. The van der Waals surface area contributed by atoms with Crippen LogP contribution < -0.4 is 10.5 Å². The van der Waals surface area contributed by atoms with Gasteiger partial charge in [-0.25, -0.2) is 4.98 Å². The van der Waals surface area contributed by atoms with Gasteiger partial charge in [0.1, 0.15) is 18.2 Å². The fourth-order valence-electron chi connectivity index (χ4n) is 2.23. The predicted molar refractivity (Wildman–Crippen MR) is 84.4 cm³/mol. The number of aryl methyl sites for hydroxylation is 1. The van der Waals surface area contributed by atoms with Crippen molar-refractivity contribution in [1.82, 2.24) is 9.55 Å². The van der Waals surface area contributed by atoms with Crippen molar-refractivity contribution in [2.24, 2.45) is 12.8 Å². The molecular formula is C16H16ClN3O. The zero-order valence-corrected chi connectivity index (χ0v) is 12.5. The van der Waals surface area contributed by atoms with Gasteiger partial charge in [-0.1, -0.05) is 17.7 Å². The molecule has 108 valence electrons. The molecule has 0 amide bonds. The topological polar surface area (TPSA) is 53.1 Å². The summed E-state index contributed by atoms with van der Waals surface area (Å²) in [6.45, 7) is 0.924.